The van der Waals surface area contributed by atoms with Gasteiger partial charge in [-0.25, -0.2) is 0 Å². The maximum atomic E-state index is 5.08. The van der Waals surface area contributed by atoms with E-state index in [0.717, 1.165) is 6.42 Å². The molecule has 0 aliphatic heterocycles. The Kier molecular flexibility index (Phi) is 4.77. The summed E-state index contributed by atoms with van der Waals surface area (Å²) in [5.74, 6) is 0. The van der Waals surface area contributed by atoms with Crippen LogP contribution < -0.4 is 0 Å². The van der Waals surface area contributed by atoms with Crippen LogP contribution in [0.2, 0.25) is 0 Å². The van der Waals surface area contributed by atoms with Gasteiger partial charge in [-0.2, -0.15) is 0 Å². The molecule has 0 fully saturated rings. The fourth-order valence-corrected chi connectivity index (χ4v) is 1.29. The van der Waals surface area contributed by atoms with E-state index in [1.54, 1.807) is 14.2 Å². The highest BCUT2D eigenvalue weighted by Gasteiger charge is 2.29. The second-order valence-electron chi connectivity index (χ2n) is 2.00. The van der Waals surface area contributed by atoms with E-state index in [2.05, 4.69) is 25.3 Å². The minimum atomic E-state index is -0.774. The SMILES string of the molecule is CCC(OC)C(S)(S)OC. The molecule has 0 N–H and O–H groups in total. The van der Waals surface area contributed by atoms with Crippen molar-refractivity contribution in [1.82, 2.24) is 0 Å². The van der Waals surface area contributed by atoms with Gasteiger partial charge in [0.2, 0.25) is 0 Å². The number of hydrogen-bond donors (Lipinski definition) is 2. The predicted octanol–water partition coefficient (Wildman–Crippen LogP) is 1.57. The molecule has 0 bridgehead atoms. The largest absolute Gasteiger partial charge is 0.377 e. The summed E-state index contributed by atoms with van der Waals surface area (Å²) in [6.45, 7) is 1.99. The first-order valence-corrected chi connectivity index (χ1v) is 4.00. The van der Waals surface area contributed by atoms with Crippen LogP contribution in [0.5, 0.6) is 0 Å². The molecule has 0 aromatic heterocycles. The van der Waals surface area contributed by atoms with E-state index in [1.165, 1.54) is 0 Å². The summed E-state index contributed by atoms with van der Waals surface area (Å²) in [6.07, 6.45) is 0.751. The summed E-state index contributed by atoms with van der Waals surface area (Å²) in [5, 5.41) is 0. The van der Waals surface area contributed by atoms with E-state index in [9.17, 15) is 0 Å². The van der Waals surface area contributed by atoms with Crippen LogP contribution in [0.15, 0.2) is 0 Å². The zero-order valence-electron chi connectivity index (χ0n) is 6.50. The summed E-state index contributed by atoms with van der Waals surface area (Å²) in [6, 6.07) is 0. The van der Waals surface area contributed by atoms with E-state index in [4.69, 9.17) is 9.47 Å². The smallest absolute Gasteiger partial charge is 0.180 e. The lowest BCUT2D eigenvalue weighted by Gasteiger charge is -2.28. The summed E-state index contributed by atoms with van der Waals surface area (Å²) < 4.78 is 9.29. The van der Waals surface area contributed by atoms with Crippen molar-refractivity contribution in [3.8, 4) is 0 Å². The quantitative estimate of drug-likeness (QED) is 0.508. The van der Waals surface area contributed by atoms with Crippen LogP contribution in [0.25, 0.3) is 0 Å². The van der Waals surface area contributed by atoms with Gasteiger partial charge in [0, 0.05) is 14.2 Å². The molecular weight excluding hydrogens is 168 g/mol. The lowest BCUT2D eigenvalue weighted by atomic mass is 10.3. The second-order valence-corrected chi connectivity index (χ2v) is 3.68. The van der Waals surface area contributed by atoms with Crippen molar-refractivity contribution in [2.45, 2.75) is 23.7 Å². The molecule has 4 heteroatoms. The molecule has 0 saturated carbocycles. The van der Waals surface area contributed by atoms with Crippen molar-refractivity contribution < 1.29 is 9.47 Å². The van der Waals surface area contributed by atoms with E-state index >= 15 is 0 Å². The molecule has 0 aliphatic carbocycles. The number of thiol groups is 2. The van der Waals surface area contributed by atoms with Crippen molar-refractivity contribution in [3.05, 3.63) is 0 Å². The monoisotopic (exact) mass is 182 g/mol. The molecule has 0 aliphatic rings. The van der Waals surface area contributed by atoms with E-state index < -0.39 is 4.27 Å². The third-order valence-electron chi connectivity index (χ3n) is 1.38. The highest BCUT2D eigenvalue weighted by Crippen LogP contribution is 2.28. The van der Waals surface area contributed by atoms with Gasteiger partial charge in [0.15, 0.2) is 4.27 Å². The molecule has 0 radical (unpaired) electrons. The molecule has 0 saturated heterocycles. The summed E-state index contributed by atoms with van der Waals surface area (Å²) >= 11 is 8.32. The minimum Gasteiger partial charge on any atom is -0.377 e. The first kappa shape index (κ1) is 10.6. The fraction of sp³-hybridized carbons (Fsp3) is 1.00. The van der Waals surface area contributed by atoms with Crippen molar-refractivity contribution in [1.29, 1.82) is 0 Å². The molecule has 0 rings (SSSR count). The normalized spacial score (nSPS) is 15.3. The van der Waals surface area contributed by atoms with Gasteiger partial charge in [-0.1, -0.05) is 6.92 Å². The van der Waals surface area contributed by atoms with Crippen LogP contribution in [0.3, 0.4) is 0 Å². The van der Waals surface area contributed by atoms with Gasteiger partial charge in [-0.15, -0.1) is 25.3 Å². The standard InChI is InChI=1S/C6H14O2S2/c1-4-5(7-2)6(9,10)8-3/h5,9-10H,4H2,1-3H3. The second kappa shape index (κ2) is 4.49. The van der Waals surface area contributed by atoms with Crippen LogP contribution in [0.1, 0.15) is 13.3 Å². The molecule has 1 atom stereocenters. The summed E-state index contributed by atoms with van der Waals surface area (Å²) in [5.41, 5.74) is 0. The average molecular weight is 182 g/mol. The van der Waals surface area contributed by atoms with Gasteiger partial charge in [0.1, 0.15) is 6.10 Å². The van der Waals surface area contributed by atoms with Crippen molar-refractivity contribution in [2.75, 3.05) is 14.2 Å². The molecule has 0 aromatic carbocycles. The Morgan fingerprint density at radius 3 is 2.00 bits per heavy atom. The molecule has 2 nitrogen and oxygen atoms in total. The van der Waals surface area contributed by atoms with Crippen molar-refractivity contribution >= 4 is 25.3 Å². The third-order valence-corrected chi connectivity index (χ3v) is 2.32. The van der Waals surface area contributed by atoms with Crippen LogP contribution in [-0.4, -0.2) is 24.6 Å². The number of rotatable bonds is 4. The molecule has 0 heterocycles. The summed E-state index contributed by atoms with van der Waals surface area (Å²) in [4.78, 5) is 0. The Morgan fingerprint density at radius 2 is 1.90 bits per heavy atom. The Bertz CT molecular complexity index is 91.7. The molecule has 10 heavy (non-hydrogen) atoms. The van der Waals surface area contributed by atoms with Gasteiger partial charge in [0.25, 0.3) is 0 Å². The third kappa shape index (κ3) is 2.70. The minimum absolute atomic E-state index is 0.0795. The van der Waals surface area contributed by atoms with Crippen LogP contribution in [0.4, 0.5) is 0 Å². The van der Waals surface area contributed by atoms with Gasteiger partial charge >= 0.3 is 0 Å². The Hall–Kier alpha value is 0.620. The highest BCUT2D eigenvalue weighted by atomic mass is 32.2. The Labute approximate surface area is 73.1 Å². The lowest BCUT2D eigenvalue weighted by Crippen LogP contribution is -2.34. The first-order valence-electron chi connectivity index (χ1n) is 3.11. The molecule has 62 valence electrons. The van der Waals surface area contributed by atoms with Gasteiger partial charge < -0.3 is 9.47 Å². The zero-order valence-corrected chi connectivity index (χ0v) is 8.28. The molecular formula is C6H14O2S2. The van der Waals surface area contributed by atoms with E-state index in [0.29, 0.717) is 0 Å². The number of hydrogen-bond acceptors (Lipinski definition) is 4. The maximum Gasteiger partial charge on any atom is 0.180 e. The van der Waals surface area contributed by atoms with Crippen LogP contribution in [-0.2, 0) is 9.47 Å². The van der Waals surface area contributed by atoms with E-state index in [-0.39, 0.29) is 6.10 Å². The highest BCUT2D eigenvalue weighted by molar-refractivity contribution is 8.00. The molecule has 0 amide bonds. The molecule has 0 aromatic rings. The topological polar surface area (TPSA) is 18.5 Å². The Balaban J connectivity index is 3.97. The van der Waals surface area contributed by atoms with Gasteiger partial charge in [0.05, 0.1) is 0 Å². The fourth-order valence-electron chi connectivity index (χ4n) is 0.718. The zero-order chi connectivity index (χ0) is 8.20. The number of ether oxygens (including phenoxy) is 2. The van der Waals surface area contributed by atoms with Gasteiger partial charge in [-0.05, 0) is 6.42 Å². The number of methoxy groups -OCH3 is 2. The average Bonchev–Trinajstić information content (AvgIpc) is 1.90. The van der Waals surface area contributed by atoms with E-state index in [1.807, 2.05) is 6.92 Å². The van der Waals surface area contributed by atoms with Crippen molar-refractivity contribution in [3.63, 3.8) is 0 Å². The Morgan fingerprint density at radius 1 is 1.40 bits per heavy atom. The van der Waals surface area contributed by atoms with Gasteiger partial charge in [-0.3, -0.25) is 0 Å². The van der Waals surface area contributed by atoms with Crippen molar-refractivity contribution in [2.24, 2.45) is 0 Å². The lowest BCUT2D eigenvalue weighted by molar-refractivity contribution is -0.00813. The first-order chi connectivity index (χ1) is 4.58. The van der Waals surface area contributed by atoms with Crippen LogP contribution >= 0.6 is 25.3 Å². The van der Waals surface area contributed by atoms with Crippen LogP contribution in [0, 0.1) is 0 Å². The molecule has 0 spiro atoms. The predicted molar refractivity (Wildman–Crippen MR) is 48.8 cm³/mol. The molecule has 1 unspecified atom stereocenters. The maximum absolute atomic E-state index is 5.08. The summed E-state index contributed by atoms with van der Waals surface area (Å²) in [7, 11) is 3.18.